The van der Waals surface area contributed by atoms with Gasteiger partial charge in [0.25, 0.3) is 0 Å². The highest BCUT2D eigenvalue weighted by Gasteiger charge is 2.29. The second-order valence-corrected chi connectivity index (χ2v) is 7.94. The molecule has 0 saturated heterocycles. The molecule has 0 aromatic rings. The first-order valence-electron chi connectivity index (χ1n) is 5.73. The molecular weight excluding hydrogens is 210 g/mol. The van der Waals surface area contributed by atoms with E-state index in [9.17, 15) is 8.42 Å². The zero-order valence-electron chi connectivity index (χ0n) is 10.0. The fourth-order valence-corrected chi connectivity index (χ4v) is 1.81. The van der Waals surface area contributed by atoms with E-state index in [1.165, 1.54) is 31.9 Å². The molecule has 1 aliphatic carbocycles. The van der Waals surface area contributed by atoms with Crippen molar-refractivity contribution in [2.45, 2.75) is 44.3 Å². The molecule has 3 nitrogen and oxygen atoms in total. The minimum Gasteiger partial charge on any atom is -0.315 e. The lowest BCUT2D eigenvalue weighted by molar-refractivity contribution is 0.510. The lowest BCUT2D eigenvalue weighted by Crippen LogP contribution is -2.41. The van der Waals surface area contributed by atoms with Gasteiger partial charge in [0.05, 0.1) is 4.75 Å². The average molecular weight is 233 g/mol. The molecule has 0 atom stereocenters. The molecule has 0 unspecified atom stereocenters. The van der Waals surface area contributed by atoms with Crippen LogP contribution in [0.25, 0.3) is 0 Å². The highest BCUT2D eigenvalue weighted by atomic mass is 32.2. The van der Waals surface area contributed by atoms with E-state index >= 15 is 0 Å². The Morgan fingerprint density at radius 3 is 2.40 bits per heavy atom. The maximum Gasteiger partial charge on any atom is 0.153 e. The van der Waals surface area contributed by atoms with Gasteiger partial charge < -0.3 is 5.32 Å². The largest absolute Gasteiger partial charge is 0.315 e. The zero-order chi connectivity index (χ0) is 11.5. The van der Waals surface area contributed by atoms with Gasteiger partial charge in [0.1, 0.15) is 0 Å². The summed E-state index contributed by atoms with van der Waals surface area (Å²) in [4.78, 5) is 0. The summed E-state index contributed by atoms with van der Waals surface area (Å²) in [7, 11) is -2.96. The van der Waals surface area contributed by atoms with Gasteiger partial charge in [0.15, 0.2) is 9.84 Å². The van der Waals surface area contributed by atoms with E-state index in [1.54, 1.807) is 13.8 Å². The highest BCUT2D eigenvalue weighted by Crippen LogP contribution is 2.33. The minimum absolute atomic E-state index is 0.552. The maximum absolute atomic E-state index is 11.4. The SMILES string of the molecule is CC(C)(CNCCCC1CC1)S(C)(=O)=O. The monoisotopic (exact) mass is 233 g/mol. The van der Waals surface area contributed by atoms with Crippen molar-refractivity contribution >= 4 is 9.84 Å². The molecule has 1 aliphatic rings. The summed E-state index contributed by atoms with van der Waals surface area (Å²) in [6.07, 6.45) is 6.57. The molecule has 1 N–H and O–H groups in total. The Bertz CT molecular complexity index is 292. The first-order valence-corrected chi connectivity index (χ1v) is 7.62. The average Bonchev–Trinajstić information content (AvgIpc) is 2.85. The lowest BCUT2D eigenvalue weighted by Gasteiger charge is -2.22. The van der Waals surface area contributed by atoms with Crippen molar-refractivity contribution in [2.75, 3.05) is 19.3 Å². The van der Waals surface area contributed by atoms with Gasteiger partial charge in [0.2, 0.25) is 0 Å². The molecule has 1 saturated carbocycles. The van der Waals surface area contributed by atoms with Gasteiger partial charge in [-0.25, -0.2) is 8.42 Å². The Morgan fingerprint density at radius 2 is 1.93 bits per heavy atom. The number of sulfone groups is 1. The second-order valence-electron chi connectivity index (χ2n) is 5.29. The van der Waals surface area contributed by atoms with Crippen molar-refractivity contribution in [1.29, 1.82) is 0 Å². The Labute approximate surface area is 93.6 Å². The summed E-state index contributed by atoms with van der Waals surface area (Å²) in [5.41, 5.74) is 0. The Morgan fingerprint density at radius 1 is 1.33 bits per heavy atom. The van der Waals surface area contributed by atoms with Crippen LogP contribution in [0.2, 0.25) is 0 Å². The summed E-state index contributed by atoms with van der Waals surface area (Å²) in [5, 5.41) is 3.24. The molecule has 4 heteroatoms. The van der Waals surface area contributed by atoms with Crippen molar-refractivity contribution in [2.24, 2.45) is 5.92 Å². The molecule has 0 bridgehead atoms. The minimum atomic E-state index is -2.96. The molecule has 0 radical (unpaired) electrons. The third-order valence-electron chi connectivity index (χ3n) is 3.22. The van der Waals surface area contributed by atoms with Crippen molar-refractivity contribution in [3.05, 3.63) is 0 Å². The fourth-order valence-electron chi connectivity index (χ4n) is 1.44. The van der Waals surface area contributed by atoms with Gasteiger partial charge in [0, 0.05) is 12.8 Å². The highest BCUT2D eigenvalue weighted by molar-refractivity contribution is 7.92. The predicted molar refractivity (Wildman–Crippen MR) is 63.8 cm³/mol. The van der Waals surface area contributed by atoms with Gasteiger partial charge in [-0.15, -0.1) is 0 Å². The van der Waals surface area contributed by atoms with E-state index in [-0.39, 0.29) is 0 Å². The van der Waals surface area contributed by atoms with Crippen LogP contribution in [0, 0.1) is 5.92 Å². The number of rotatable bonds is 7. The maximum atomic E-state index is 11.4. The zero-order valence-corrected chi connectivity index (χ0v) is 10.9. The third kappa shape index (κ3) is 4.51. The molecule has 0 aromatic heterocycles. The standard InChI is InChI=1S/C11H23NO2S/c1-11(2,15(3,13)14)9-12-8-4-5-10-6-7-10/h10,12H,4-9H2,1-3H3. The molecule has 0 aliphatic heterocycles. The van der Waals surface area contributed by atoms with Gasteiger partial charge in [-0.2, -0.15) is 0 Å². The Kier molecular flexibility index (Phi) is 4.18. The Balaban J connectivity index is 2.12. The van der Waals surface area contributed by atoms with E-state index in [1.807, 2.05) is 0 Å². The van der Waals surface area contributed by atoms with Crippen LogP contribution in [0.3, 0.4) is 0 Å². The smallest absolute Gasteiger partial charge is 0.153 e. The van der Waals surface area contributed by atoms with Gasteiger partial charge in [-0.3, -0.25) is 0 Å². The van der Waals surface area contributed by atoms with E-state index in [0.29, 0.717) is 6.54 Å². The normalized spacial score (nSPS) is 18.1. The van der Waals surface area contributed by atoms with Gasteiger partial charge >= 0.3 is 0 Å². The van der Waals surface area contributed by atoms with Crippen LogP contribution in [-0.2, 0) is 9.84 Å². The molecule has 0 amide bonds. The Hall–Kier alpha value is -0.0900. The van der Waals surface area contributed by atoms with E-state index in [0.717, 1.165) is 12.5 Å². The molecule has 0 spiro atoms. The molecule has 15 heavy (non-hydrogen) atoms. The van der Waals surface area contributed by atoms with Gasteiger partial charge in [-0.05, 0) is 39.2 Å². The van der Waals surface area contributed by atoms with Crippen LogP contribution < -0.4 is 5.32 Å². The van der Waals surface area contributed by atoms with Crippen LogP contribution in [0.1, 0.15) is 39.5 Å². The van der Waals surface area contributed by atoms with Crippen molar-refractivity contribution in [3.63, 3.8) is 0 Å². The molecular formula is C11H23NO2S. The summed E-state index contributed by atoms with van der Waals surface area (Å²) in [6, 6.07) is 0. The van der Waals surface area contributed by atoms with E-state index in [2.05, 4.69) is 5.32 Å². The third-order valence-corrected chi connectivity index (χ3v) is 5.37. The number of hydrogen-bond acceptors (Lipinski definition) is 3. The quantitative estimate of drug-likeness (QED) is 0.679. The van der Waals surface area contributed by atoms with Crippen molar-refractivity contribution in [1.82, 2.24) is 5.32 Å². The number of nitrogens with one attached hydrogen (secondary N) is 1. The van der Waals surface area contributed by atoms with Crippen LogP contribution in [0.15, 0.2) is 0 Å². The molecule has 1 rings (SSSR count). The van der Waals surface area contributed by atoms with Crippen molar-refractivity contribution in [3.8, 4) is 0 Å². The molecule has 90 valence electrons. The number of hydrogen-bond donors (Lipinski definition) is 1. The second kappa shape index (κ2) is 4.83. The lowest BCUT2D eigenvalue weighted by atomic mass is 10.2. The van der Waals surface area contributed by atoms with Crippen LogP contribution >= 0.6 is 0 Å². The van der Waals surface area contributed by atoms with E-state index in [4.69, 9.17) is 0 Å². The summed E-state index contributed by atoms with van der Waals surface area (Å²) >= 11 is 0. The van der Waals surface area contributed by atoms with E-state index < -0.39 is 14.6 Å². The predicted octanol–water partition coefficient (Wildman–Crippen LogP) is 1.59. The molecule has 1 fully saturated rings. The summed E-state index contributed by atoms with van der Waals surface area (Å²) < 4.78 is 22.1. The summed E-state index contributed by atoms with van der Waals surface area (Å²) in [5.74, 6) is 0.967. The topological polar surface area (TPSA) is 46.2 Å². The van der Waals surface area contributed by atoms with Crippen molar-refractivity contribution < 1.29 is 8.42 Å². The van der Waals surface area contributed by atoms with Gasteiger partial charge in [-0.1, -0.05) is 12.8 Å². The summed E-state index contributed by atoms with van der Waals surface area (Å²) in [6.45, 7) is 5.04. The fraction of sp³-hybridized carbons (Fsp3) is 1.00. The first-order chi connectivity index (χ1) is 6.83. The first kappa shape index (κ1) is 13.0. The molecule has 0 heterocycles. The molecule has 0 aromatic carbocycles. The van der Waals surface area contributed by atoms with Crippen LogP contribution in [0.5, 0.6) is 0 Å². The van der Waals surface area contributed by atoms with Crippen LogP contribution in [-0.4, -0.2) is 32.5 Å². The van der Waals surface area contributed by atoms with Crippen LogP contribution in [0.4, 0.5) is 0 Å².